The molecule has 2 aliphatic rings. The molecule has 1 saturated heterocycles. The highest BCUT2D eigenvalue weighted by Gasteiger charge is 2.74. The van der Waals surface area contributed by atoms with E-state index in [0.717, 1.165) is 7.11 Å². The zero-order valence-corrected chi connectivity index (χ0v) is 17.4. The Kier molecular flexibility index (Phi) is 6.15. The molecular weight excluding hydrogens is 406 g/mol. The van der Waals surface area contributed by atoms with Crippen LogP contribution in [-0.2, 0) is 19.1 Å². The highest BCUT2D eigenvalue weighted by atomic mass is 16.6. The average molecular weight is 431 g/mol. The van der Waals surface area contributed by atoms with Crippen molar-refractivity contribution in [2.75, 3.05) is 7.11 Å². The van der Waals surface area contributed by atoms with Crippen LogP contribution in [-0.4, -0.2) is 69.5 Å². The summed E-state index contributed by atoms with van der Waals surface area (Å²) >= 11 is 0. The quantitative estimate of drug-likeness (QED) is 0.269. The molecule has 1 aromatic carbocycles. The van der Waals surface area contributed by atoms with Crippen molar-refractivity contribution >= 4 is 17.5 Å². The number of Topliss-reactive ketones (excluding diaryl/α,β-unsaturated/α-hetero) is 2. The largest absolute Gasteiger partial charge is 0.467 e. The van der Waals surface area contributed by atoms with E-state index in [1.807, 2.05) is 0 Å². The van der Waals surface area contributed by atoms with Crippen molar-refractivity contribution in [1.29, 1.82) is 0 Å². The van der Waals surface area contributed by atoms with Crippen molar-refractivity contribution in [3.8, 4) is 0 Å². The number of ketones is 2. The molecule has 2 unspecified atom stereocenters. The Morgan fingerprint density at radius 1 is 1.26 bits per heavy atom. The summed E-state index contributed by atoms with van der Waals surface area (Å²) in [5.74, 6) is -2.97. The first-order chi connectivity index (χ1) is 14.7. The maximum Gasteiger partial charge on any atom is 0.278 e. The second-order valence-corrected chi connectivity index (χ2v) is 7.45. The van der Waals surface area contributed by atoms with Gasteiger partial charge in [-0.2, -0.15) is 0 Å². The molecule has 2 aliphatic heterocycles. The zero-order chi connectivity index (χ0) is 23.0. The highest BCUT2D eigenvalue weighted by Crippen LogP contribution is 2.44. The minimum Gasteiger partial charge on any atom is -0.467 e. The molecule has 0 bridgehead atoms. The number of hydrogen-bond donors (Lipinski definition) is 4. The molecule has 9 nitrogen and oxygen atoms in total. The van der Waals surface area contributed by atoms with Gasteiger partial charge in [0.15, 0.2) is 6.10 Å². The van der Waals surface area contributed by atoms with Gasteiger partial charge in [0.05, 0.1) is 6.10 Å². The van der Waals surface area contributed by atoms with Crippen LogP contribution >= 0.6 is 0 Å². The molecule has 1 aromatic rings. The van der Waals surface area contributed by atoms with Gasteiger partial charge < -0.3 is 30.1 Å². The number of benzene rings is 1. The molecule has 1 amide bonds. The van der Waals surface area contributed by atoms with Gasteiger partial charge in [0.25, 0.3) is 11.5 Å². The van der Waals surface area contributed by atoms with Gasteiger partial charge in [-0.3, -0.25) is 14.4 Å². The monoisotopic (exact) mass is 431 g/mol. The van der Waals surface area contributed by atoms with E-state index in [0.29, 0.717) is 6.42 Å². The van der Waals surface area contributed by atoms with Crippen molar-refractivity contribution in [2.45, 2.75) is 49.9 Å². The summed E-state index contributed by atoms with van der Waals surface area (Å²) in [6, 6.07) is 7.85. The normalized spacial score (nSPS) is 30.1. The summed E-state index contributed by atoms with van der Waals surface area (Å²) in [6.07, 6.45) is -1.35. The SMILES string of the molecule is CCC(O)C=C[C@H](O)C1=C(C)C(=O)[C@]2(O1)C(=O)N[C@@](OC)(C(=O)c1ccccc1)C2O. The van der Waals surface area contributed by atoms with E-state index >= 15 is 0 Å². The first-order valence-electron chi connectivity index (χ1n) is 9.80. The Labute approximate surface area is 179 Å². The van der Waals surface area contributed by atoms with Gasteiger partial charge in [-0.25, -0.2) is 0 Å². The van der Waals surface area contributed by atoms with Crippen molar-refractivity contribution in [3.05, 3.63) is 59.4 Å². The third-order valence-electron chi connectivity index (χ3n) is 5.62. The fraction of sp³-hybridized carbons (Fsp3) is 0.409. The summed E-state index contributed by atoms with van der Waals surface area (Å²) < 4.78 is 10.8. The van der Waals surface area contributed by atoms with Gasteiger partial charge in [0.1, 0.15) is 11.9 Å². The van der Waals surface area contributed by atoms with E-state index in [9.17, 15) is 29.7 Å². The van der Waals surface area contributed by atoms with Crippen molar-refractivity contribution in [1.82, 2.24) is 5.32 Å². The lowest BCUT2D eigenvalue weighted by atomic mass is 9.85. The number of aliphatic hydroxyl groups is 3. The molecule has 3 rings (SSSR count). The van der Waals surface area contributed by atoms with Gasteiger partial charge in [0.2, 0.25) is 17.3 Å². The third kappa shape index (κ3) is 3.39. The number of methoxy groups -OCH3 is 1. The number of carbonyl (C=O) groups excluding carboxylic acids is 3. The molecule has 0 radical (unpaired) electrons. The number of ether oxygens (including phenoxy) is 2. The molecular formula is C22H25NO8. The van der Waals surface area contributed by atoms with Crippen LogP contribution < -0.4 is 5.32 Å². The Bertz CT molecular complexity index is 956. The smallest absolute Gasteiger partial charge is 0.278 e. The van der Waals surface area contributed by atoms with Gasteiger partial charge in [-0.15, -0.1) is 0 Å². The number of amides is 1. The molecule has 0 aromatic heterocycles. The number of nitrogens with one attached hydrogen (secondary N) is 1. The Hall–Kier alpha value is -2.85. The Morgan fingerprint density at radius 3 is 2.48 bits per heavy atom. The molecule has 0 saturated carbocycles. The summed E-state index contributed by atoms with van der Waals surface area (Å²) in [4.78, 5) is 39.1. The topological polar surface area (TPSA) is 142 Å². The summed E-state index contributed by atoms with van der Waals surface area (Å²) in [5, 5.41) is 33.5. The zero-order valence-electron chi connectivity index (χ0n) is 17.4. The summed E-state index contributed by atoms with van der Waals surface area (Å²) in [6.45, 7) is 3.08. The van der Waals surface area contributed by atoms with Crippen molar-refractivity contribution in [3.63, 3.8) is 0 Å². The van der Waals surface area contributed by atoms with E-state index < -0.39 is 47.1 Å². The molecule has 9 heteroatoms. The first-order valence-corrected chi connectivity index (χ1v) is 9.80. The molecule has 1 spiro atoms. The van der Waals surface area contributed by atoms with Crippen LogP contribution in [0.25, 0.3) is 0 Å². The van der Waals surface area contributed by atoms with Crippen LogP contribution in [0.2, 0.25) is 0 Å². The van der Waals surface area contributed by atoms with Crippen molar-refractivity contribution in [2.24, 2.45) is 0 Å². The minimum absolute atomic E-state index is 0.0867. The second-order valence-electron chi connectivity index (χ2n) is 7.45. The standard InChI is InChI=1S/C22H25NO8/c1-4-14(24)10-11-15(25)16-12(2)17(26)21(31-16)19(28)22(30-3,23-20(21)29)18(27)13-8-6-5-7-9-13/h5-11,14-15,19,24-25,28H,4H2,1-3H3,(H,23,29)/t14?,15-,19?,21+,22+/m0/s1. The first kappa shape index (κ1) is 22.8. The lowest BCUT2D eigenvalue weighted by Gasteiger charge is -2.32. The maximum absolute atomic E-state index is 13.1. The summed E-state index contributed by atoms with van der Waals surface area (Å²) in [5.41, 5.74) is -4.69. The van der Waals surface area contributed by atoms with Crippen molar-refractivity contribution < 1.29 is 39.2 Å². The van der Waals surface area contributed by atoms with E-state index in [2.05, 4.69) is 5.32 Å². The predicted molar refractivity (Wildman–Crippen MR) is 108 cm³/mol. The molecule has 1 fully saturated rings. The molecule has 31 heavy (non-hydrogen) atoms. The molecule has 0 aliphatic carbocycles. The van der Waals surface area contributed by atoms with E-state index in [-0.39, 0.29) is 16.9 Å². The van der Waals surface area contributed by atoms with Gasteiger partial charge >= 0.3 is 0 Å². The molecule has 5 atom stereocenters. The lowest BCUT2D eigenvalue weighted by Crippen LogP contribution is -2.60. The molecule has 4 N–H and O–H groups in total. The van der Waals surface area contributed by atoms with Crippen LogP contribution in [0.3, 0.4) is 0 Å². The van der Waals surface area contributed by atoms with Gasteiger partial charge in [0, 0.05) is 18.2 Å². The Balaban J connectivity index is 1.98. The molecule has 166 valence electrons. The number of rotatable bonds is 7. The van der Waals surface area contributed by atoms with E-state index in [4.69, 9.17) is 9.47 Å². The predicted octanol–water partition coefficient (Wildman–Crippen LogP) is 0.00280. The number of aliphatic hydroxyl groups excluding tert-OH is 3. The van der Waals surface area contributed by atoms with Crippen LogP contribution in [0.5, 0.6) is 0 Å². The van der Waals surface area contributed by atoms with Crippen LogP contribution in [0.1, 0.15) is 30.6 Å². The van der Waals surface area contributed by atoms with Gasteiger partial charge in [-0.1, -0.05) is 49.4 Å². The van der Waals surface area contributed by atoms with Crippen LogP contribution in [0, 0.1) is 0 Å². The number of carbonyl (C=O) groups is 3. The fourth-order valence-electron chi connectivity index (χ4n) is 3.74. The van der Waals surface area contributed by atoms with Gasteiger partial charge in [-0.05, 0) is 13.3 Å². The highest BCUT2D eigenvalue weighted by molar-refractivity contribution is 6.23. The summed E-state index contributed by atoms with van der Waals surface area (Å²) in [7, 11) is 1.12. The maximum atomic E-state index is 13.1. The lowest BCUT2D eigenvalue weighted by molar-refractivity contribution is -0.161. The number of hydrogen-bond acceptors (Lipinski definition) is 8. The fourth-order valence-corrected chi connectivity index (χ4v) is 3.74. The third-order valence-corrected chi connectivity index (χ3v) is 5.62. The molecule has 2 heterocycles. The van der Waals surface area contributed by atoms with E-state index in [1.54, 1.807) is 25.1 Å². The van der Waals surface area contributed by atoms with E-state index in [1.165, 1.54) is 31.2 Å². The Morgan fingerprint density at radius 2 is 1.90 bits per heavy atom. The van der Waals surface area contributed by atoms with Crippen LogP contribution in [0.15, 0.2) is 53.8 Å². The average Bonchev–Trinajstić information content (AvgIpc) is 3.18. The minimum atomic E-state index is -2.49. The second kappa shape index (κ2) is 8.35. The van der Waals surface area contributed by atoms with Crippen LogP contribution in [0.4, 0.5) is 0 Å².